The summed E-state index contributed by atoms with van der Waals surface area (Å²) in [7, 11) is 4.45. The molecule has 10 nitrogen and oxygen atoms in total. The van der Waals surface area contributed by atoms with Crippen molar-refractivity contribution in [1.82, 2.24) is 5.43 Å². The molecule has 0 bridgehead atoms. The van der Waals surface area contributed by atoms with Gasteiger partial charge in [-0.2, -0.15) is 5.10 Å². The van der Waals surface area contributed by atoms with E-state index in [0.29, 0.717) is 22.8 Å². The van der Waals surface area contributed by atoms with E-state index in [9.17, 15) is 10.1 Å². The van der Waals surface area contributed by atoms with Crippen LogP contribution in [0.5, 0.6) is 17.2 Å². The molecule has 1 aromatic carbocycles. The highest BCUT2D eigenvalue weighted by atomic mass is 16.7. The van der Waals surface area contributed by atoms with Crippen LogP contribution >= 0.6 is 0 Å². The first-order valence-electron chi connectivity index (χ1n) is 5.59. The quantitative estimate of drug-likeness (QED) is 0.330. The molecule has 0 aliphatic heterocycles. The summed E-state index contributed by atoms with van der Waals surface area (Å²) in [6.45, 7) is 0. The van der Waals surface area contributed by atoms with Crippen molar-refractivity contribution in [2.75, 3.05) is 21.3 Å². The fraction of sp³-hybridized carbons (Fsp3) is 0.273. The first-order valence-corrected chi connectivity index (χ1v) is 5.59. The second-order valence-corrected chi connectivity index (χ2v) is 3.56. The van der Waals surface area contributed by atoms with Gasteiger partial charge in [0.1, 0.15) is 0 Å². The van der Waals surface area contributed by atoms with Crippen LogP contribution < -0.4 is 25.4 Å². The maximum atomic E-state index is 10.1. The smallest absolute Gasteiger partial charge is 0.275 e. The van der Waals surface area contributed by atoms with Gasteiger partial charge in [-0.1, -0.05) is 5.43 Å². The molecule has 3 N–H and O–H groups in total. The van der Waals surface area contributed by atoms with Crippen LogP contribution in [0, 0.1) is 10.1 Å². The summed E-state index contributed by atoms with van der Waals surface area (Å²) in [5.41, 5.74) is 7.46. The molecule has 0 spiro atoms. The van der Waals surface area contributed by atoms with E-state index in [1.165, 1.54) is 27.5 Å². The molecule has 0 atom stereocenters. The number of nitrogens with one attached hydrogen (secondary N) is 1. The number of nitrogens with zero attached hydrogens (tertiary/aromatic N) is 3. The average molecular weight is 297 g/mol. The Kier molecular flexibility index (Phi) is 5.74. The minimum Gasteiger partial charge on any atom is -0.493 e. The number of hydrogen-bond acceptors (Lipinski definition) is 7. The largest absolute Gasteiger partial charge is 0.493 e. The number of guanidine groups is 1. The van der Waals surface area contributed by atoms with E-state index in [1.54, 1.807) is 17.6 Å². The monoisotopic (exact) mass is 297 g/mol. The van der Waals surface area contributed by atoms with Crippen molar-refractivity contribution >= 4 is 12.2 Å². The highest BCUT2D eigenvalue weighted by Crippen LogP contribution is 2.37. The Hall–Kier alpha value is -3.04. The van der Waals surface area contributed by atoms with Crippen molar-refractivity contribution in [2.24, 2.45) is 15.9 Å². The highest BCUT2D eigenvalue weighted by molar-refractivity contribution is 5.83. The molecule has 0 fully saturated rings. The Morgan fingerprint density at radius 2 is 1.86 bits per heavy atom. The topological polar surface area (TPSA) is 134 Å². The van der Waals surface area contributed by atoms with Crippen LogP contribution in [0.25, 0.3) is 0 Å². The summed E-state index contributed by atoms with van der Waals surface area (Å²) in [4.78, 5) is 10.1. The summed E-state index contributed by atoms with van der Waals surface area (Å²) in [5, 5.41) is 16.3. The Morgan fingerprint density at radius 1 is 1.29 bits per heavy atom. The number of nitrogens with two attached hydrogens (primary N) is 1. The zero-order valence-electron chi connectivity index (χ0n) is 11.7. The van der Waals surface area contributed by atoms with Crippen molar-refractivity contribution in [3.63, 3.8) is 0 Å². The predicted octanol–water partition coefficient (Wildman–Crippen LogP) is 0.142. The van der Waals surface area contributed by atoms with E-state index in [-0.39, 0.29) is 0 Å². The third-order valence-corrected chi connectivity index (χ3v) is 2.27. The maximum absolute atomic E-state index is 10.1. The predicted molar refractivity (Wildman–Crippen MR) is 75.4 cm³/mol. The SMILES string of the molecule is COc1cc(C=NN=C(N)N[N+](=O)[O-])cc(OC)c1OC. The minimum atomic E-state index is -0.839. The van der Waals surface area contributed by atoms with Crippen LogP contribution in [0.15, 0.2) is 22.3 Å². The lowest BCUT2D eigenvalue weighted by Crippen LogP contribution is -2.35. The summed E-state index contributed by atoms with van der Waals surface area (Å²) >= 11 is 0. The lowest BCUT2D eigenvalue weighted by atomic mass is 10.2. The van der Waals surface area contributed by atoms with E-state index >= 15 is 0 Å². The molecular weight excluding hydrogens is 282 g/mol. The van der Waals surface area contributed by atoms with Crippen molar-refractivity contribution in [1.29, 1.82) is 0 Å². The summed E-state index contributed by atoms with van der Waals surface area (Å²) in [5.74, 6) is 0.885. The second-order valence-electron chi connectivity index (χ2n) is 3.56. The van der Waals surface area contributed by atoms with Crippen LogP contribution in [-0.2, 0) is 0 Å². The van der Waals surface area contributed by atoms with Gasteiger partial charge in [0.15, 0.2) is 16.5 Å². The standard InChI is InChI=1S/C11H15N5O5/c1-19-8-4-7(5-9(20-2)10(8)21-3)6-13-14-11(12)15-16(17)18/h4-6H,1-3H3,(H3,12,14,15). The van der Waals surface area contributed by atoms with Crippen LogP contribution in [0.3, 0.4) is 0 Å². The van der Waals surface area contributed by atoms with Gasteiger partial charge in [0.05, 0.1) is 27.5 Å². The highest BCUT2D eigenvalue weighted by Gasteiger charge is 2.12. The Morgan fingerprint density at radius 3 is 2.29 bits per heavy atom. The number of rotatable bonds is 6. The van der Waals surface area contributed by atoms with Gasteiger partial charge >= 0.3 is 0 Å². The zero-order chi connectivity index (χ0) is 15.8. The summed E-state index contributed by atoms with van der Waals surface area (Å²) in [6.07, 6.45) is 1.33. The minimum absolute atomic E-state index is 0.440. The molecule has 0 aliphatic carbocycles. The van der Waals surface area contributed by atoms with Crippen molar-refractivity contribution < 1.29 is 19.2 Å². The van der Waals surface area contributed by atoms with E-state index in [2.05, 4.69) is 10.2 Å². The maximum Gasteiger partial charge on any atom is 0.275 e. The zero-order valence-corrected chi connectivity index (χ0v) is 11.7. The molecule has 21 heavy (non-hydrogen) atoms. The summed E-state index contributed by atoms with van der Waals surface area (Å²) < 4.78 is 15.5. The first kappa shape index (κ1) is 16.0. The number of ether oxygens (including phenoxy) is 3. The molecule has 114 valence electrons. The average Bonchev–Trinajstić information content (AvgIpc) is 2.45. The van der Waals surface area contributed by atoms with Gasteiger partial charge in [-0.05, 0) is 12.1 Å². The first-order chi connectivity index (χ1) is 10.0. The molecule has 0 heterocycles. The van der Waals surface area contributed by atoms with Crippen LogP contribution in [0.1, 0.15) is 5.56 Å². The molecule has 1 rings (SSSR count). The Bertz CT molecular complexity index is 547. The van der Waals surface area contributed by atoms with Gasteiger partial charge in [0, 0.05) is 5.56 Å². The second kappa shape index (κ2) is 7.53. The number of benzene rings is 1. The van der Waals surface area contributed by atoms with E-state index in [4.69, 9.17) is 19.9 Å². The number of hydrogen-bond donors (Lipinski definition) is 2. The molecule has 10 heteroatoms. The molecule has 0 radical (unpaired) electrons. The van der Waals surface area contributed by atoms with E-state index in [1.807, 2.05) is 0 Å². The van der Waals surface area contributed by atoms with Crippen LogP contribution in [0.2, 0.25) is 0 Å². The van der Waals surface area contributed by atoms with Crippen molar-refractivity contribution in [3.05, 3.63) is 27.8 Å². The lowest BCUT2D eigenvalue weighted by molar-refractivity contribution is -0.525. The van der Waals surface area contributed by atoms with Crippen LogP contribution in [0.4, 0.5) is 0 Å². The van der Waals surface area contributed by atoms with Crippen molar-refractivity contribution in [2.45, 2.75) is 0 Å². The number of hydrazine groups is 1. The lowest BCUT2D eigenvalue weighted by Gasteiger charge is -2.12. The molecule has 0 saturated heterocycles. The van der Waals surface area contributed by atoms with E-state index in [0.717, 1.165) is 0 Å². The molecule has 0 amide bonds. The molecule has 1 aromatic rings. The molecule has 0 saturated carbocycles. The molecular formula is C11H15N5O5. The fourth-order valence-electron chi connectivity index (χ4n) is 1.45. The van der Waals surface area contributed by atoms with Crippen molar-refractivity contribution in [3.8, 4) is 17.2 Å². The number of nitro groups is 1. The van der Waals surface area contributed by atoms with E-state index < -0.39 is 11.0 Å². The molecule has 0 aromatic heterocycles. The van der Waals surface area contributed by atoms with Gasteiger partial charge in [0.2, 0.25) is 5.75 Å². The molecule has 0 aliphatic rings. The van der Waals surface area contributed by atoms with Crippen LogP contribution in [-0.4, -0.2) is 38.5 Å². The summed E-state index contributed by atoms with van der Waals surface area (Å²) in [6, 6.07) is 3.27. The Balaban J connectivity index is 3.01. The van der Waals surface area contributed by atoms with Gasteiger partial charge in [-0.15, -0.1) is 5.10 Å². The third-order valence-electron chi connectivity index (χ3n) is 2.27. The number of methoxy groups -OCH3 is 3. The molecule has 0 unspecified atom stereocenters. The fourth-order valence-corrected chi connectivity index (χ4v) is 1.45. The van der Waals surface area contributed by atoms with Gasteiger partial charge < -0.3 is 19.9 Å². The normalized spacial score (nSPS) is 11.3. The van der Waals surface area contributed by atoms with Gasteiger partial charge in [-0.25, -0.2) is 10.1 Å². The Labute approximate surface area is 120 Å². The van der Waals surface area contributed by atoms with Gasteiger partial charge in [0.25, 0.3) is 5.96 Å². The third kappa shape index (κ3) is 4.53. The van der Waals surface area contributed by atoms with Gasteiger partial charge in [-0.3, -0.25) is 0 Å².